The molecule has 0 saturated carbocycles. The predicted molar refractivity (Wildman–Crippen MR) is 90.0 cm³/mol. The zero-order valence-electron chi connectivity index (χ0n) is 13.0. The van der Waals surface area contributed by atoms with Gasteiger partial charge in [0.05, 0.1) is 0 Å². The first-order valence-corrected chi connectivity index (χ1v) is 7.91. The van der Waals surface area contributed by atoms with E-state index < -0.39 is 0 Å². The van der Waals surface area contributed by atoms with E-state index in [1.807, 2.05) is 42.5 Å². The van der Waals surface area contributed by atoms with E-state index in [-0.39, 0.29) is 6.09 Å². The molecule has 0 unspecified atom stereocenters. The Morgan fingerprint density at radius 2 is 1.59 bits per heavy atom. The van der Waals surface area contributed by atoms with Crippen LogP contribution in [0.1, 0.15) is 32.6 Å². The Labute approximate surface area is 132 Å². The molecule has 22 heavy (non-hydrogen) atoms. The van der Waals surface area contributed by atoms with Crippen LogP contribution >= 0.6 is 0 Å². The summed E-state index contributed by atoms with van der Waals surface area (Å²) in [5.74, 6) is 0.561. The van der Waals surface area contributed by atoms with E-state index in [2.05, 4.69) is 24.4 Å². The van der Waals surface area contributed by atoms with Crippen molar-refractivity contribution in [1.82, 2.24) is 5.32 Å². The summed E-state index contributed by atoms with van der Waals surface area (Å²) >= 11 is 0. The molecule has 0 bridgehead atoms. The number of amides is 1. The molecule has 3 heteroatoms. The maximum atomic E-state index is 11.7. The van der Waals surface area contributed by atoms with E-state index in [1.165, 1.54) is 12.8 Å². The standard InChI is InChI=1S/C19H23NO2/c1-2-3-4-8-15-20-19(21)22-18-13-11-17(12-14-18)16-9-6-5-7-10-16/h5-7,9-14H,2-4,8,15H2,1H3,(H,20,21). The van der Waals surface area contributed by atoms with E-state index in [9.17, 15) is 4.79 Å². The van der Waals surface area contributed by atoms with Crippen LogP contribution in [0.4, 0.5) is 4.79 Å². The second kappa shape index (κ2) is 8.88. The maximum absolute atomic E-state index is 11.7. The largest absolute Gasteiger partial charge is 0.412 e. The minimum Gasteiger partial charge on any atom is -0.410 e. The average molecular weight is 297 g/mol. The molecule has 3 nitrogen and oxygen atoms in total. The smallest absolute Gasteiger partial charge is 0.410 e. The lowest BCUT2D eigenvalue weighted by atomic mass is 10.1. The van der Waals surface area contributed by atoms with E-state index >= 15 is 0 Å². The Morgan fingerprint density at radius 1 is 0.909 bits per heavy atom. The van der Waals surface area contributed by atoms with Crippen LogP contribution in [0.25, 0.3) is 11.1 Å². The number of nitrogens with one attached hydrogen (secondary N) is 1. The predicted octanol–water partition coefficient (Wildman–Crippen LogP) is 5.02. The summed E-state index contributed by atoms with van der Waals surface area (Å²) in [5, 5.41) is 2.78. The SMILES string of the molecule is CCCCCCNC(=O)Oc1ccc(-c2ccccc2)cc1. The average Bonchev–Trinajstić information content (AvgIpc) is 2.56. The summed E-state index contributed by atoms with van der Waals surface area (Å²) in [5.41, 5.74) is 2.25. The fourth-order valence-electron chi connectivity index (χ4n) is 2.23. The lowest BCUT2D eigenvalue weighted by Gasteiger charge is -2.07. The first-order valence-electron chi connectivity index (χ1n) is 7.91. The van der Waals surface area contributed by atoms with Gasteiger partial charge >= 0.3 is 6.09 Å². The van der Waals surface area contributed by atoms with Crippen LogP contribution in [0.5, 0.6) is 5.75 Å². The number of unbranched alkanes of at least 4 members (excludes halogenated alkanes) is 3. The molecule has 0 aromatic heterocycles. The molecule has 2 aromatic rings. The van der Waals surface area contributed by atoms with Crippen molar-refractivity contribution < 1.29 is 9.53 Å². The van der Waals surface area contributed by atoms with Crippen molar-refractivity contribution in [1.29, 1.82) is 0 Å². The molecule has 116 valence electrons. The molecule has 0 radical (unpaired) electrons. The fourth-order valence-corrected chi connectivity index (χ4v) is 2.23. The Hall–Kier alpha value is -2.29. The molecule has 1 N–H and O–H groups in total. The number of hydrogen-bond donors (Lipinski definition) is 1. The fraction of sp³-hybridized carbons (Fsp3) is 0.316. The third kappa shape index (κ3) is 5.24. The second-order valence-electron chi connectivity index (χ2n) is 5.27. The van der Waals surface area contributed by atoms with Crippen LogP contribution in [0.15, 0.2) is 54.6 Å². The van der Waals surface area contributed by atoms with Gasteiger partial charge in [0.2, 0.25) is 0 Å². The lowest BCUT2D eigenvalue weighted by molar-refractivity contribution is 0.200. The van der Waals surface area contributed by atoms with Crippen molar-refractivity contribution in [3.05, 3.63) is 54.6 Å². The lowest BCUT2D eigenvalue weighted by Crippen LogP contribution is -2.27. The van der Waals surface area contributed by atoms with Crippen molar-refractivity contribution >= 4 is 6.09 Å². The van der Waals surface area contributed by atoms with Gasteiger partial charge in [-0.2, -0.15) is 0 Å². The van der Waals surface area contributed by atoms with Crippen molar-refractivity contribution in [3.8, 4) is 16.9 Å². The highest BCUT2D eigenvalue weighted by molar-refractivity contribution is 5.71. The number of carbonyl (C=O) groups excluding carboxylic acids is 1. The van der Waals surface area contributed by atoms with Crippen LogP contribution in [-0.2, 0) is 0 Å². The van der Waals surface area contributed by atoms with Gasteiger partial charge in [-0.3, -0.25) is 0 Å². The zero-order valence-corrected chi connectivity index (χ0v) is 13.0. The van der Waals surface area contributed by atoms with Gasteiger partial charge in [0, 0.05) is 6.54 Å². The minimum absolute atomic E-state index is 0.385. The van der Waals surface area contributed by atoms with Crippen LogP contribution < -0.4 is 10.1 Å². The molecule has 2 rings (SSSR count). The second-order valence-corrected chi connectivity index (χ2v) is 5.27. The highest BCUT2D eigenvalue weighted by Crippen LogP contribution is 2.22. The number of rotatable bonds is 7. The third-order valence-electron chi connectivity index (χ3n) is 3.47. The molecule has 0 aliphatic heterocycles. The van der Waals surface area contributed by atoms with E-state index in [4.69, 9.17) is 4.74 Å². The Kier molecular flexibility index (Phi) is 6.49. The highest BCUT2D eigenvalue weighted by Gasteiger charge is 2.04. The molecule has 1 amide bonds. The molecule has 0 aliphatic rings. The molecule has 0 spiro atoms. The minimum atomic E-state index is -0.385. The van der Waals surface area contributed by atoms with Crippen LogP contribution in [0.3, 0.4) is 0 Å². The zero-order chi connectivity index (χ0) is 15.6. The van der Waals surface area contributed by atoms with Crippen molar-refractivity contribution in [3.63, 3.8) is 0 Å². The maximum Gasteiger partial charge on any atom is 0.412 e. The van der Waals surface area contributed by atoms with Gasteiger partial charge in [0.25, 0.3) is 0 Å². The Balaban J connectivity index is 1.80. The van der Waals surface area contributed by atoms with Crippen LogP contribution in [0.2, 0.25) is 0 Å². The van der Waals surface area contributed by atoms with E-state index in [0.29, 0.717) is 12.3 Å². The number of hydrogen-bond acceptors (Lipinski definition) is 2. The molecule has 0 fully saturated rings. The first kappa shape index (κ1) is 16.1. The summed E-state index contributed by atoms with van der Waals surface area (Å²) in [4.78, 5) is 11.7. The van der Waals surface area contributed by atoms with Gasteiger partial charge in [0.1, 0.15) is 5.75 Å². The molecular weight excluding hydrogens is 274 g/mol. The summed E-state index contributed by atoms with van der Waals surface area (Å²) in [7, 11) is 0. The third-order valence-corrected chi connectivity index (χ3v) is 3.47. The topological polar surface area (TPSA) is 38.3 Å². The van der Waals surface area contributed by atoms with E-state index in [1.54, 1.807) is 0 Å². The molecule has 2 aromatic carbocycles. The van der Waals surface area contributed by atoms with Gasteiger partial charge < -0.3 is 10.1 Å². The van der Waals surface area contributed by atoms with Gasteiger partial charge in [0.15, 0.2) is 0 Å². The van der Waals surface area contributed by atoms with Crippen LogP contribution in [-0.4, -0.2) is 12.6 Å². The molecular formula is C19H23NO2. The highest BCUT2D eigenvalue weighted by atomic mass is 16.5. The Bertz CT molecular complexity index is 564. The summed E-state index contributed by atoms with van der Waals surface area (Å²) in [6.45, 7) is 2.84. The first-order chi connectivity index (χ1) is 10.8. The van der Waals surface area contributed by atoms with E-state index in [0.717, 1.165) is 24.0 Å². The van der Waals surface area contributed by atoms with Crippen molar-refractivity contribution in [2.24, 2.45) is 0 Å². The summed E-state index contributed by atoms with van der Waals surface area (Å²) < 4.78 is 5.26. The van der Waals surface area contributed by atoms with Crippen LogP contribution in [0, 0.1) is 0 Å². The van der Waals surface area contributed by atoms with Gasteiger partial charge in [-0.25, -0.2) is 4.79 Å². The molecule has 0 atom stereocenters. The van der Waals surface area contributed by atoms with Crippen molar-refractivity contribution in [2.75, 3.05) is 6.54 Å². The summed E-state index contributed by atoms with van der Waals surface area (Å²) in [6, 6.07) is 17.7. The molecule has 0 saturated heterocycles. The quantitative estimate of drug-likeness (QED) is 0.728. The van der Waals surface area contributed by atoms with Gasteiger partial charge in [-0.15, -0.1) is 0 Å². The normalized spacial score (nSPS) is 10.2. The van der Waals surface area contributed by atoms with Gasteiger partial charge in [-0.05, 0) is 29.7 Å². The molecule has 0 aliphatic carbocycles. The number of benzene rings is 2. The van der Waals surface area contributed by atoms with Gasteiger partial charge in [-0.1, -0.05) is 68.7 Å². The monoisotopic (exact) mass is 297 g/mol. The number of ether oxygens (including phenoxy) is 1. The Morgan fingerprint density at radius 3 is 2.27 bits per heavy atom. The molecule has 0 heterocycles. The summed E-state index contributed by atoms with van der Waals surface area (Å²) in [6.07, 6.45) is 4.15. The number of carbonyl (C=O) groups is 1. The van der Waals surface area contributed by atoms with Crippen molar-refractivity contribution in [2.45, 2.75) is 32.6 Å².